The van der Waals surface area contributed by atoms with E-state index in [9.17, 15) is 4.79 Å². The van der Waals surface area contributed by atoms with E-state index in [0.29, 0.717) is 17.1 Å². The maximum atomic E-state index is 12.0. The SMILES string of the molecule is COc1cc2nc(Nc3sc4c(c3C(N)=O)CCCC4)sc2cc1OC. The molecular formula is C18H19N3O3S2. The lowest BCUT2D eigenvalue weighted by Crippen LogP contribution is -2.15. The van der Waals surface area contributed by atoms with Gasteiger partial charge in [-0.2, -0.15) is 0 Å². The van der Waals surface area contributed by atoms with E-state index in [1.165, 1.54) is 16.2 Å². The van der Waals surface area contributed by atoms with Crippen molar-refractivity contribution in [3.8, 4) is 11.5 Å². The highest BCUT2D eigenvalue weighted by Gasteiger charge is 2.24. The van der Waals surface area contributed by atoms with Gasteiger partial charge in [-0.05, 0) is 31.2 Å². The van der Waals surface area contributed by atoms with E-state index in [-0.39, 0.29) is 5.91 Å². The second-order valence-electron chi connectivity index (χ2n) is 6.10. The average molecular weight is 390 g/mol. The average Bonchev–Trinajstić information content (AvgIpc) is 3.19. The lowest BCUT2D eigenvalue weighted by Gasteiger charge is -2.11. The minimum atomic E-state index is -0.378. The number of ether oxygens (including phenoxy) is 2. The molecule has 2 heterocycles. The fraction of sp³-hybridized carbons (Fsp3) is 0.333. The summed E-state index contributed by atoms with van der Waals surface area (Å²) in [4.78, 5) is 17.9. The van der Waals surface area contributed by atoms with Gasteiger partial charge in [-0.1, -0.05) is 11.3 Å². The Kier molecular flexibility index (Phi) is 4.46. The van der Waals surface area contributed by atoms with E-state index in [4.69, 9.17) is 15.2 Å². The van der Waals surface area contributed by atoms with E-state index >= 15 is 0 Å². The predicted molar refractivity (Wildman–Crippen MR) is 105 cm³/mol. The molecular weight excluding hydrogens is 370 g/mol. The Morgan fingerprint density at radius 3 is 2.62 bits per heavy atom. The van der Waals surface area contributed by atoms with E-state index in [1.807, 2.05) is 12.1 Å². The molecule has 0 saturated heterocycles. The minimum Gasteiger partial charge on any atom is -0.493 e. The van der Waals surface area contributed by atoms with Crippen LogP contribution in [0.1, 0.15) is 33.6 Å². The number of aromatic nitrogens is 1. The molecule has 1 aliphatic rings. The zero-order chi connectivity index (χ0) is 18.3. The van der Waals surface area contributed by atoms with E-state index in [0.717, 1.165) is 51.6 Å². The first-order valence-electron chi connectivity index (χ1n) is 8.34. The third-order valence-electron chi connectivity index (χ3n) is 4.53. The Morgan fingerprint density at radius 2 is 1.88 bits per heavy atom. The highest BCUT2D eigenvalue weighted by Crippen LogP contribution is 2.41. The standard InChI is InChI=1S/C18H19N3O3S2/c1-23-11-7-10-14(8-12(11)24-2)26-18(20-10)21-17-15(16(19)22)9-5-3-4-6-13(9)25-17/h7-8H,3-6H2,1-2H3,(H2,19,22)(H,20,21). The summed E-state index contributed by atoms with van der Waals surface area (Å²) >= 11 is 3.12. The number of thiophene rings is 1. The Morgan fingerprint density at radius 1 is 1.15 bits per heavy atom. The molecule has 0 aliphatic heterocycles. The molecule has 136 valence electrons. The quantitative estimate of drug-likeness (QED) is 0.686. The number of nitrogens with zero attached hydrogens (tertiary/aromatic N) is 1. The summed E-state index contributed by atoms with van der Waals surface area (Å²) in [7, 11) is 3.21. The summed E-state index contributed by atoms with van der Waals surface area (Å²) in [6.45, 7) is 0. The summed E-state index contributed by atoms with van der Waals surface area (Å²) in [5.41, 5.74) is 8.22. The molecule has 0 bridgehead atoms. The van der Waals surface area contributed by atoms with Crippen molar-refractivity contribution in [3.05, 3.63) is 28.1 Å². The largest absolute Gasteiger partial charge is 0.493 e. The maximum Gasteiger partial charge on any atom is 0.251 e. The topological polar surface area (TPSA) is 86.5 Å². The molecule has 26 heavy (non-hydrogen) atoms. The number of carbonyl (C=O) groups excluding carboxylic acids is 1. The maximum absolute atomic E-state index is 12.0. The second-order valence-corrected chi connectivity index (χ2v) is 8.23. The summed E-state index contributed by atoms with van der Waals surface area (Å²) in [5, 5.41) is 4.83. The van der Waals surface area contributed by atoms with Gasteiger partial charge in [0.1, 0.15) is 5.00 Å². The number of hydrogen-bond donors (Lipinski definition) is 2. The number of nitrogens with two attached hydrogens (primary N) is 1. The van der Waals surface area contributed by atoms with Gasteiger partial charge in [-0.15, -0.1) is 11.3 Å². The first kappa shape index (κ1) is 17.1. The molecule has 3 aromatic rings. The molecule has 0 unspecified atom stereocenters. The number of thiazole rings is 1. The van der Waals surface area contributed by atoms with Crippen LogP contribution in [0.25, 0.3) is 10.2 Å². The van der Waals surface area contributed by atoms with Gasteiger partial charge in [0, 0.05) is 17.0 Å². The van der Waals surface area contributed by atoms with Crippen molar-refractivity contribution in [2.24, 2.45) is 5.73 Å². The van der Waals surface area contributed by atoms with Crippen molar-refractivity contribution in [1.82, 2.24) is 4.98 Å². The van der Waals surface area contributed by atoms with Gasteiger partial charge in [-0.3, -0.25) is 4.79 Å². The van der Waals surface area contributed by atoms with Gasteiger partial charge >= 0.3 is 0 Å². The molecule has 1 amide bonds. The van der Waals surface area contributed by atoms with Gasteiger partial charge in [0.15, 0.2) is 16.6 Å². The van der Waals surface area contributed by atoms with Crippen molar-refractivity contribution in [2.45, 2.75) is 25.7 Å². The van der Waals surface area contributed by atoms with Crippen molar-refractivity contribution < 1.29 is 14.3 Å². The molecule has 1 aliphatic carbocycles. The summed E-state index contributed by atoms with van der Waals surface area (Å²) < 4.78 is 11.7. The monoisotopic (exact) mass is 389 g/mol. The third-order valence-corrected chi connectivity index (χ3v) is 6.67. The van der Waals surface area contributed by atoms with Crippen LogP contribution < -0.4 is 20.5 Å². The zero-order valence-electron chi connectivity index (χ0n) is 14.5. The van der Waals surface area contributed by atoms with Gasteiger partial charge in [0.05, 0.1) is 30.0 Å². The normalized spacial score (nSPS) is 13.5. The Labute approximate surface area is 158 Å². The van der Waals surface area contributed by atoms with Crippen LogP contribution in [0, 0.1) is 0 Å². The highest BCUT2D eigenvalue weighted by molar-refractivity contribution is 7.23. The lowest BCUT2D eigenvalue weighted by atomic mass is 9.95. The van der Waals surface area contributed by atoms with Gasteiger partial charge in [-0.25, -0.2) is 4.98 Å². The van der Waals surface area contributed by atoms with Crippen molar-refractivity contribution in [2.75, 3.05) is 19.5 Å². The molecule has 8 heteroatoms. The number of hydrogen-bond acceptors (Lipinski definition) is 7. The van der Waals surface area contributed by atoms with Crippen LogP contribution >= 0.6 is 22.7 Å². The molecule has 0 fully saturated rings. The summed E-state index contributed by atoms with van der Waals surface area (Å²) in [6, 6.07) is 3.76. The lowest BCUT2D eigenvalue weighted by molar-refractivity contribution is 0.100. The zero-order valence-corrected chi connectivity index (χ0v) is 16.2. The number of benzene rings is 1. The van der Waals surface area contributed by atoms with E-state index < -0.39 is 0 Å². The Balaban J connectivity index is 1.73. The molecule has 0 radical (unpaired) electrons. The Hall–Kier alpha value is -2.32. The fourth-order valence-corrected chi connectivity index (χ4v) is 5.56. The first-order chi connectivity index (χ1) is 12.6. The number of primary amides is 1. The smallest absolute Gasteiger partial charge is 0.251 e. The number of nitrogens with one attached hydrogen (secondary N) is 1. The molecule has 0 atom stereocenters. The number of anilines is 2. The van der Waals surface area contributed by atoms with E-state index in [1.54, 1.807) is 25.6 Å². The van der Waals surface area contributed by atoms with Crippen LogP contribution in [-0.2, 0) is 12.8 Å². The number of amides is 1. The van der Waals surface area contributed by atoms with Crippen LogP contribution in [-0.4, -0.2) is 25.1 Å². The van der Waals surface area contributed by atoms with Crippen molar-refractivity contribution in [3.63, 3.8) is 0 Å². The van der Waals surface area contributed by atoms with Crippen LogP contribution in [0.5, 0.6) is 11.5 Å². The molecule has 4 rings (SSSR count). The number of rotatable bonds is 5. The molecule has 0 saturated carbocycles. The number of methoxy groups -OCH3 is 2. The third kappa shape index (κ3) is 2.89. The number of carbonyl (C=O) groups is 1. The Bertz CT molecular complexity index is 952. The highest BCUT2D eigenvalue weighted by atomic mass is 32.1. The fourth-order valence-electron chi connectivity index (χ4n) is 3.32. The minimum absolute atomic E-state index is 0.378. The van der Waals surface area contributed by atoms with Crippen LogP contribution in [0.4, 0.5) is 10.1 Å². The van der Waals surface area contributed by atoms with Crippen LogP contribution in [0.15, 0.2) is 12.1 Å². The molecule has 1 aromatic carbocycles. The van der Waals surface area contributed by atoms with Gasteiger partial charge in [0.2, 0.25) is 0 Å². The molecule has 0 spiro atoms. The van der Waals surface area contributed by atoms with E-state index in [2.05, 4.69) is 10.3 Å². The van der Waals surface area contributed by atoms with Crippen LogP contribution in [0.2, 0.25) is 0 Å². The first-order valence-corrected chi connectivity index (χ1v) is 9.98. The number of aryl methyl sites for hydroxylation is 1. The summed E-state index contributed by atoms with van der Waals surface area (Å²) in [5.74, 6) is 0.928. The van der Waals surface area contributed by atoms with Crippen LogP contribution in [0.3, 0.4) is 0 Å². The van der Waals surface area contributed by atoms with Crippen molar-refractivity contribution in [1.29, 1.82) is 0 Å². The second kappa shape index (κ2) is 6.77. The van der Waals surface area contributed by atoms with Gasteiger partial charge < -0.3 is 20.5 Å². The van der Waals surface area contributed by atoms with Gasteiger partial charge in [0.25, 0.3) is 5.91 Å². The number of fused-ring (bicyclic) bond motifs is 2. The summed E-state index contributed by atoms with van der Waals surface area (Å²) in [6.07, 6.45) is 4.19. The van der Waals surface area contributed by atoms with Crippen molar-refractivity contribution >= 4 is 48.9 Å². The predicted octanol–water partition coefficient (Wildman–Crippen LogP) is 4.10. The molecule has 6 nitrogen and oxygen atoms in total. The molecule has 2 aromatic heterocycles. The molecule has 3 N–H and O–H groups in total.